The Morgan fingerprint density at radius 1 is 1.04 bits per heavy atom. The molecule has 1 aliphatic rings. The molecule has 2 rings (SSSR count). The van der Waals surface area contributed by atoms with Gasteiger partial charge in [0.25, 0.3) is 0 Å². The van der Waals surface area contributed by atoms with Gasteiger partial charge in [-0.15, -0.1) is 0 Å². The number of unbranched alkanes of at least 4 members (excludes halogenated alkanes) is 3. The molecule has 4 heteroatoms. The summed E-state index contributed by atoms with van der Waals surface area (Å²) in [5.41, 5.74) is 6.77. The second kappa shape index (κ2) is 12.0. The van der Waals surface area contributed by atoms with Crippen LogP contribution < -0.4 is 5.73 Å². The van der Waals surface area contributed by atoms with Gasteiger partial charge < -0.3 is 5.73 Å². The van der Waals surface area contributed by atoms with E-state index in [1.807, 2.05) is 18.2 Å². The van der Waals surface area contributed by atoms with Crippen molar-refractivity contribution in [1.29, 1.82) is 0 Å². The maximum absolute atomic E-state index is 12.6. The van der Waals surface area contributed by atoms with Gasteiger partial charge in [0.1, 0.15) is 0 Å². The molecule has 0 unspecified atom stereocenters. The summed E-state index contributed by atoms with van der Waals surface area (Å²) in [5.74, 6) is 0.134. The van der Waals surface area contributed by atoms with E-state index in [4.69, 9.17) is 10.6 Å². The minimum atomic E-state index is 0.134. The Bertz CT molecular complexity index is 472. The van der Waals surface area contributed by atoms with Crippen molar-refractivity contribution in [2.24, 2.45) is 5.73 Å². The molecular formula is C21H34N2O2. The van der Waals surface area contributed by atoms with Crippen LogP contribution in [0.4, 0.5) is 0 Å². The topological polar surface area (TPSA) is 55.6 Å². The quantitative estimate of drug-likeness (QED) is 0.482. The molecule has 1 saturated carbocycles. The van der Waals surface area contributed by atoms with Gasteiger partial charge in [0.15, 0.2) is 0 Å². The fourth-order valence-electron chi connectivity index (χ4n) is 3.36. The van der Waals surface area contributed by atoms with E-state index in [1.165, 1.54) is 24.8 Å². The molecular weight excluding hydrogens is 312 g/mol. The average Bonchev–Trinajstić information content (AvgIpc) is 2.66. The molecule has 0 aliphatic heterocycles. The first-order valence-corrected chi connectivity index (χ1v) is 10.0. The van der Waals surface area contributed by atoms with Gasteiger partial charge in [-0.05, 0) is 44.2 Å². The average molecular weight is 347 g/mol. The zero-order valence-corrected chi connectivity index (χ0v) is 15.5. The third-order valence-electron chi connectivity index (χ3n) is 4.90. The molecule has 0 saturated heterocycles. The molecule has 25 heavy (non-hydrogen) atoms. The number of nitrogens with two attached hydrogens (primary N) is 1. The number of amides is 1. The van der Waals surface area contributed by atoms with Crippen LogP contribution in [0.2, 0.25) is 0 Å². The number of rotatable bonds is 11. The van der Waals surface area contributed by atoms with Gasteiger partial charge >= 0.3 is 0 Å². The summed E-state index contributed by atoms with van der Waals surface area (Å²) in [7, 11) is 0. The largest absolute Gasteiger partial charge is 0.330 e. The third-order valence-corrected chi connectivity index (χ3v) is 4.90. The van der Waals surface area contributed by atoms with Gasteiger partial charge in [0, 0.05) is 6.42 Å². The van der Waals surface area contributed by atoms with Gasteiger partial charge in [-0.25, -0.2) is 5.06 Å². The van der Waals surface area contributed by atoms with E-state index < -0.39 is 0 Å². The summed E-state index contributed by atoms with van der Waals surface area (Å²) >= 11 is 0. The number of carbonyl (C=O) groups excluding carboxylic acids is 1. The Kier molecular flexibility index (Phi) is 9.60. The van der Waals surface area contributed by atoms with Crippen molar-refractivity contribution in [2.45, 2.75) is 76.7 Å². The Balaban J connectivity index is 1.82. The van der Waals surface area contributed by atoms with Crippen molar-refractivity contribution in [3.05, 3.63) is 35.9 Å². The van der Waals surface area contributed by atoms with Crippen molar-refractivity contribution in [1.82, 2.24) is 5.06 Å². The minimum Gasteiger partial charge on any atom is -0.330 e. The summed E-state index contributed by atoms with van der Waals surface area (Å²) in [6.07, 6.45) is 11.6. The van der Waals surface area contributed by atoms with Crippen LogP contribution >= 0.6 is 0 Å². The summed E-state index contributed by atoms with van der Waals surface area (Å²) < 4.78 is 0. The molecule has 0 aromatic heterocycles. The highest BCUT2D eigenvalue weighted by molar-refractivity contribution is 5.75. The lowest BCUT2D eigenvalue weighted by molar-refractivity contribution is -0.210. The molecule has 1 amide bonds. The fourth-order valence-corrected chi connectivity index (χ4v) is 3.36. The molecule has 0 radical (unpaired) electrons. The van der Waals surface area contributed by atoms with Crippen LogP contribution in [0.25, 0.3) is 0 Å². The predicted molar refractivity (Wildman–Crippen MR) is 102 cm³/mol. The van der Waals surface area contributed by atoms with Crippen LogP contribution in [0.15, 0.2) is 30.3 Å². The van der Waals surface area contributed by atoms with Crippen LogP contribution in [0, 0.1) is 0 Å². The lowest BCUT2D eigenvalue weighted by Gasteiger charge is -2.29. The Morgan fingerprint density at radius 3 is 2.48 bits per heavy atom. The van der Waals surface area contributed by atoms with Crippen LogP contribution in [-0.2, 0) is 16.1 Å². The molecule has 0 atom stereocenters. The molecule has 1 fully saturated rings. The standard InChI is InChI=1S/C21H34N2O2/c22-17-10-2-1-9-15-21(24)23(25-20-13-7-4-8-14-20)18-16-19-11-5-3-6-12-19/h3,5-6,11-12,20H,1-2,4,7-10,13-18,22H2. The van der Waals surface area contributed by atoms with E-state index in [1.54, 1.807) is 5.06 Å². The molecule has 1 aromatic carbocycles. The highest BCUT2D eigenvalue weighted by atomic mass is 16.7. The summed E-state index contributed by atoms with van der Waals surface area (Å²) in [4.78, 5) is 18.8. The number of hydroxylamine groups is 2. The number of benzene rings is 1. The van der Waals surface area contributed by atoms with Crippen LogP contribution in [-0.4, -0.2) is 30.2 Å². The van der Waals surface area contributed by atoms with E-state index in [-0.39, 0.29) is 12.0 Å². The normalized spacial score (nSPS) is 15.2. The van der Waals surface area contributed by atoms with Crippen molar-refractivity contribution in [3.63, 3.8) is 0 Å². The van der Waals surface area contributed by atoms with Crippen molar-refractivity contribution in [2.75, 3.05) is 13.1 Å². The van der Waals surface area contributed by atoms with Crippen LogP contribution in [0.1, 0.15) is 69.8 Å². The first kappa shape index (κ1) is 19.9. The Labute approximate surface area is 152 Å². The minimum absolute atomic E-state index is 0.134. The van der Waals surface area contributed by atoms with Crippen LogP contribution in [0.5, 0.6) is 0 Å². The zero-order chi connectivity index (χ0) is 17.7. The van der Waals surface area contributed by atoms with Crippen molar-refractivity contribution < 1.29 is 9.63 Å². The molecule has 1 aliphatic carbocycles. The maximum Gasteiger partial charge on any atom is 0.246 e. The predicted octanol–water partition coefficient (Wildman–Crippen LogP) is 4.23. The number of hydrogen-bond donors (Lipinski definition) is 1. The van der Waals surface area contributed by atoms with Crippen LogP contribution in [0.3, 0.4) is 0 Å². The summed E-state index contributed by atoms with van der Waals surface area (Å²) in [5, 5.41) is 1.66. The highest BCUT2D eigenvalue weighted by Crippen LogP contribution is 2.22. The summed E-state index contributed by atoms with van der Waals surface area (Å²) in [6.45, 7) is 1.38. The maximum atomic E-state index is 12.6. The van der Waals surface area contributed by atoms with E-state index >= 15 is 0 Å². The molecule has 0 heterocycles. The van der Waals surface area contributed by atoms with Crippen molar-refractivity contribution >= 4 is 5.91 Å². The molecule has 1 aromatic rings. The Hall–Kier alpha value is -1.39. The van der Waals surface area contributed by atoms with E-state index in [9.17, 15) is 4.79 Å². The molecule has 0 spiro atoms. The number of nitrogens with zero attached hydrogens (tertiary/aromatic N) is 1. The van der Waals surface area contributed by atoms with Gasteiger partial charge in [-0.1, -0.05) is 62.4 Å². The highest BCUT2D eigenvalue weighted by Gasteiger charge is 2.21. The molecule has 140 valence electrons. The first-order chi connectivity index (χ1) is 12.3. The zero-order valence-electron chi connectivity index (χ0n) is 15.5. The van der Waals surface area contributed by atoms with Crippen molar-refractivity contribution in [3.8, 4) is 0 Å². The van der Waals surface area contributed by atoms with Gasteiger partial charge in [0.05, 0.1) is 12.6 Å². The lowest BCUT2D eigenvalue weighted by Crippen LogP contribution is -2.37. The Morgan fingerprint density at radius 2 is 1.76 bits per heavy atom. The molecule has 4 nitrogen and oxygen atoms in total. The van der Waals surface area contributed by atoms with E-state index in [0.29, 0.717) is 13.0 Å². The molecule has 0 bridgehead atoms. The first-order valence-electron chi connectivity index (χ1n) is 10.0. The third kappa shape index (κ3) is 8.02. The summed E-state index contributed by atoms with van der Waals surface area (Å²) in [6, 6.07) is 10.3. The second-order valence-electron chi connectivity index (χ2n) is 7.05. The number of carbonyl (C=O) groups is 1. The van der Waals surface area contributed by atoms with Gasteiger partial charge in [0.2, 0.25) is 5.91 Å². The van der Waals surface area contributed by atoms with E-state index in [0.717, 1.165) is 51.5 Å². The smallest absolute Gasteiger partial charge is 0.246 e. The lowest BCUT2D eigenvalue weighted by atomic mass is 9.98. The monoisotopic (exact) mass is 346 g/mol. The van der Waals surface area contributed by atoms with Gasteiger partial charge in [-0.3, -0.25) is 9.63 Å². The SMILES string of the molecule is NCCCCCCC(=O)N(CCc1ccccc1)OC1CCCCC1. The second-order valence-corrected chi connectivity index (χ2v) is 7.05. The number of hydrogen-bond acceptors (Lipinski definition) is 3. The molecule has 2 N–H and O–H groups in total. The van der Waals surface area contributed by atoms with E-state index in [2.05, 4.69) is 12.1 Å². The fraction of sp³-hybridized carbons (Fsp3) is 0.667. The van der Waals surface area contributed by atoms with Gasteiger partial charge in [-0.2, -0.15) is 0 Å².